The average molecular weight is 528 g/mol. The van der Waals surface area contributed by atoms with Crippen LogP contribution in [0.5, 0.6) is 0 Å². The summed E-state index contributed by atoms with van der Waals surface area (Å²) in [4.78, 5) is 47.7. The van der Waals surface area contributed by atoms with Gasteiger partial charge in [0.25, 0.3) is 0 Å². The van der Waals surface area contributed by atoms with Crippen LogP contribution in [0.1, 0.15) is 18.9 Å². The highest BCUT2D eigenvalue weighted by Crippen LogP contribution is 2.54. The molecule has 1 N–H and O–H groups in total. The fourth-order valence-electron chi connectivity index (χ4n) is 6.72. The molecule has 2 fully saturated rings. The van der Waals surface area contributed by atoms with Crippen molar-refractivity contribution in [3.63, 3.8) is 0 Å². The highest BCUT2D eigenvalue weighted by molar-refractivity contribution is 6.03. The largest absolute Gasteiger partial charge is 0.394 e. The van der Waals surface area contributed by atoms with Crippen molar-refractivity contribution in [3.8, 4) is 0 Å². The summed E-state index contributed by atoms with van der Waals surface area (Å²) in [6.07, 6.45) is 7.32. The molecule has 0 aliphatic carbocycles. The number of rotatable bonds is 6. The molecule has 3 amide bonds. The molecule has 8 nitrogen and oxygen atoms in total. The minimum atomic E-state index is -1.31. The molecule has 1 unspecified atom stereocenters. The molecule has 2 saturated heterocycles. The van der Waals surface area contributed by atoms with Crippen LogP contribution in [-0.2, 0) is 25.7 Å². The maximum atomic E-state index is 14.3. The van der Waals surface area contributed by atoms with E-state index in [1.54, 1.807) is 9.80 Å². The summed E-state index contributed by atoms with van der Waals surface area (Å²) in [6, 6.07) is 17.6. The van der Waals surface area contributed by atoms with E-state index in [0.29, 0.717) is 26.1 Å². The minimum Gasteiger partial charge on any atom is -0.394 e. The Labute approximate surface area is 228 Å². The van der Waals surface area contributed by atoms with Crippen LogP contribution in [0.15, 0.2) is 85.0 Å². The standard InChI is InChI=1S/C31H33N3O5/c1-2-22(20-35)34-27-30(38)32(19-21-11-5-3-6-12-21)17-10-16-31(27)26(29(34)37)25-24(39-31)15-9-18-33(28(25)36)23-13-7-4-8-14-23/h3-16,22,24-27,35H,2,17-20H2,1H3/t22-,24+,25-,26-,27?,31-/m0/s1. The zero-order chi connectivity index (χ0) is 27.1. The van der Waals surface area contributed by atoms with Gasteiger partial charge in [0.1, 0.15) is 11.6 Å². The van der Waals surface area contributed by atoms with Crippen molar-refractivity contribution in [1.29, 1.82) is 0 Å². The number of carbonyl (C=O) groups excluding carboxylic acids is 3. The number of amides is 3. The van der Waals surface area contributed by atoms with Crippen LogP contribution in [0.3, 0.4) is 0 Å². The molecule has 0 radical (unpaired) electrons. The van der Waals surface area contributed by atoms with E-state index in [0.717, 1.165) is 11.3 Å². The van der Waals surface area contributed by atoms with E-state index in [-0.39, 0.29) is 24.3 Å². The van der Waals surface area contributed by atoms with Gasteiger partial charge in [-0.15, -0.1) is 0 Å². The van der Waals surface area contributed by atoms with Crippen LogP contribution in [0, 0.1) is 11.8 Å². The number of hydrogen-bond acceptors (Lipinski definition) is 5. The molecule has 1 spiro atoms. The summed E-state index contributed by atoms with van der Waals surface area (Å²) in [5.74, 6) is -2.43. The number of carbonyl (C=O) groups is 3. The molecule has 6 atom stereocenters. The number of nitrogens with zero attached hydrogens (tertiary/aromatic N) is 3. The summed E-state index contributed by atoms with van der Waals surface area (Å²) in [6.45, 7) is 2.71. The Bertz CT molecular complexity index is 1310. The first-order chi connectivity index (χ1) is 19.0. The van der Waals surface area contributed by atoms with E-state index < -0.39 is 35.6 Å². The van der Waals surface area contributed by atoms with Crippen LogP contribution < -0.4 is 4.90 Å². The Morgan fingerprint density at radius 2 is 1.67 bits per heavy atom. The van der Waals surface area contributed by atoms with Gasteiger partial charge in [-0.25, -0.2) is 0 Å². The Morgan fingerprint density at radius 3 is 2.36 bits per heavy atom. The van der Waals surface area contributed by atoms with Gasteiger partial charge in [0.2, 0.25) is 17.7 Å². The summed E-state index contributed by atoms with van der Waals surface area (Å²) >= 11 is 0. The minimum absolute atomic E-state index is 0.199. The zero-order valence-corrected chi connectivity index (χ0v) is 21.9. The Balaban J connectivity index is 1.43. The van der Waals surface area contributed by atoms with Crippen LogP contribution in [0.4, 0.5) is 5.69 Å². The van der Waals surface area contributed by atoms with Crippen molar-refractivity contribution in [2.75, 3.05) is 24.6 Å². The van der Waals surface area contributed by atoms with Crippen LogP contribution in [0.25, 0.3) is 0 Å². The number of benzene rings is 2. The van der Waals surface area contributed by atoms with Crippen molar-refractivity contribution in [3.05, 3.63) is 90.5 Å². The van der Waals surface area contributed by atoms with Gasteiger partial charge in [-0.05, 0) is 24.1 Å². The normalized spacial score (nSPS) is 30.6. The third-order valence-corrected chi connectivity index (χ3v) is 8.54. The fraction of sp³-hybridized carbons (Fsp3) is 0.387. The molecule has 0 saturated carbocycles. The summed E-state index contributed by atoms with van der Waals surface area (Å²) in [7, 11) is 0. The van der Waals surface area contributed by atoms with E-state index in [4.69, 9.17) is 4.74 Å². The fourth-order valence-corrected chi connectivity index (χ4v) is 6.72. The average Bonchev–Trinajstić information content (AvgIpc) is 3.28. The first-order valence-corrected chi connectivity index (χ1v) is 13.6. The monoisotopic (exact) mass is 527 g/mol. The molecular weight excluding hydrogens is 494 g/mol. The second-order valence-electron chi connectivity index (χ2n) is 10.7. The lowest BCUT2D eigenvalue weighted by Crippen LogP contribution is -2.57. The third kappa shape index (κ3) is 4.01. The molecule has 4 aliphatic rings. The van der Waals surface area contributed by atoms with E-state index >= 15 is 0 Å². The van der Waals surface area contributed by atoms with Gasteiger partial charge in [0.05, 0.1) is 30.6 Å². The third-order valence-electron chi connectivity index (χ3n) is 8.54. The number of para-hydroxylation sites is 1. The highest BCUT2D eigenvalue weighted by atomic mass is 16.5. The highest BCUT2D eigenvalue weighted by Gasteiger charge is 2.72. The molecular formula is C31H33N3O5. The lowest BCUT2D eigenvalue weighted by molar-refractivity contribution is -0.150. The molecule has 4 heterocycles. The molecule has 0 aromatic heterocycles. The smallest absolute Gasteiger partial charge is 0.249 e. The summed E-state index contributed by atoms with van der Waals surface area (Å²) < 4.78 is 6.69. The van der Waals surface area contributed by atoms with Crippen LogP contribution >= 0.6 is 0 Å². The summed E-state index contributed by atoms with van der Waals surface area (Å²) in [5, 5.41) is 10.3. The van der Waals surface area contributed by atoms with Crippen molar-refractivity contribution in [2.24, 2.45) is 11.8 Å². The van der Waals surface area contributed by atoms with E-state index in [9.17, 15) is 19.5 Å². The quantitative estimate of drug-likeness (QED) is 0.584. The number of hydrogen-bond donors (Lipinski definition) is 1. The van der Waals surface area contributed by atoms with Gasteiger partial charge in [0.15, 0.2) is 0 Å². The molecule has 39 heavy (non-hydrogen) atoms. The van der Waals surface area contributed by atoms with Gasteiger partial charge in [-0.2, -0.15) is 0 Å². The molecule has 6 rings (SSSR count). The van der Waals surface area contributed by atoms with E-state index in [2.05, 4.69) is 0 Å². The number of likely N-dealkylation sites (tertiary alicyclic amines) is 1. The van der Waals surface area contributed by atoms with Gasteiger partial charge >= 0.3 is 0 Å². The lowest BCUT2D eigenvalue weighted by atomic mass is 9.77. The maximum absolute atomic E-state index is 14.3. The van der Waals surface area contributed by atoms with Gasteiger partial charge in [-0.1, -0.05) is 79.8 Å². The first-order valence-electron chi connectivity index (χ1n) is 13.6. The predicted molar refractivity (Wildman–Crippen MR) is 145 cm³/mol. The lowest BCUT2D eigenvalue weighted by Gasteiger charge is -2.38. The molecule has 0 bridgehead atoms. The van der Waals surface area contributed by atoms with Gasteiger partial charge in [0, 0.05) is 25.3 Å². The number of ether oxygens (including phenoxy) is 1. The first kappa shape index (κ1) is 25.5. The summed E-state index contributed by atoms with van der Waals surface area (Å²) in [5.41, 5.74) is 0.416. The van der Waals surface area contributed by atoms with Crippen molar-refractivity contribution < 1.29 is 24.2 Å². The molecule has 202 valence electrons. The second kappa shape index (κ2) is 10.1. The number of fused-ring (bicyclic) bond motifs is 2. The van der Waals surface area contributed by atoms with E-state index in [1.165, 1.54) is 4.90 Å². The Morgan fingerprint density at radius 1 is 0.949 bits per heavy atom. The van der Waals surface area contributed by atoms with Gasteiger partial charge in [-0.3, -0.25) is 14.4 Å². The molecule has 4 aliphatic heterocycles. The number of anilines is 1. The molecule has 2 aromatic rings. The number of aliphatic hydroxyl groups is 1. The molecule has 8 heteroatoms. The van der Waals surface area contributed by atoms with E-state index in [1.807, 2.05) is 91.9 Å². The predicted octanol–water partition coefficient (Wildman–Crippen LogP) is 2.54. The molecule has 2 aromatic carbocycles. The zero-order valence-electron chi connectivity index (χ0n) is 21.9. The Hall–Kier alpha value is -3.75. The Kier molecular flexibility index (Phi) is 6.61. The van der Waals surface area contributed by atoms with Crippen molar-refractivity contribution in [2.45, 2.75) is 43.7 Å². The van der Waals surface area contributed by atoms with Crippen molar-refractivity contribution >= 4 is 23.4 Å². The second-order valence-corrected chi connectivity index (χ2v) is 10.7. The van der Waals surface area contributed by atoms with Crippen molar-refractivity contribution in [1.82, 2.24) is 9.80 Å². The SMILES string of the molecule is CC[C@@H](CO)N1C(=O)[C@@H]2[C@H]3C(=O)N(c4ccccc4)CC=C[C@H]3O[C@@]23C=CCN(Cc2ccccc2)C(=O)C13. The van der Waals surface area contributed by atoms with Crippen LogP contribution in [0.2, 0.25) is 0 Å². The topological polar surface area (TPSA) is 90.4 Å². The van der Waals surface area contributed by atoms with Gasteiger partial charge < -0.3 is 24.5 Å². The number of aliphatic hydroxyl groups excluding tert-OH is 1. The maximum Gasteiger partial charge on any atom is 0.249 e. The van der Waals surface area contributed by atoms with Crippen LogP contribution in [-0.4, -0.2) is 76.1 Å².